The highest BCUT2D eigenvalue weighted by molar-refractivity contribution is 6.08. The molecule has 0 bridgehead atoms. The number of ether oxygens (including phenoxy) is 4. The molecule has 1 spiro atoms. The highest BCUT2D eigenvalue weighted by Crippen LogP contribution is 2.42. The molecule has 2 atom stereocenters. The minimum Gasteiger partial charge on any atom is -0.493 e. The fourth-order valence-electron chi connectivity index (χ4n) is 5.31. The molecule has 5 amide bonds. The van der Waals surface area contributed by atoms with Gasteiger partial charge in [0, 0.05) is 44.2 Å². The van der Waals surface area contributed by atoms with Crippen LogP contribution in [0.25, 0.3) is 6.08 Å². The van der Waals surface area contributed by atoms with Gasteiger partial charge in [-0.25, -0.2) is 9.18 Å². The molecule has 2 fully saturated rings. The third-order valence-corrected chi connectivity index (χ3v) is 7.39. The zero-order valence-corrected chi connectivity index (χ0v) is 22.7. The summed E-state index contributed by atoms with van der Waals surface area (Å²) in [7, 11) is 4.52. The molecule has 0 unspecified atom stereocenters. The van der Waals surface area contributed by atoms with E-state index in [4.69, 9.17) is 18.9 Å². The van der Waals surface area contributed by atoms with Gasteiger partial charge in [0.05, 0.1) is 21.3 Å². The Labute approximate surface area is 235 Å². The average molecular weight is 569 g/mol. The first-order chi connectivity index (χ1) is 19.7. The second-order valence-corrected chi connectivity index (χ2v) is 9.71. The third-order valence-electron chi connectivity index (χ3n) is 7.39. The van der Waals surface area contributed by atoms with Gasteiger partial charge < -0.3 is 34.1 Å². The van der Waals surface area contributed by atoms with Crippen molar-refractivity contribution in [1.82, 2.24) is 20.4 Å². The molecule has 0 radical (unpaired) electrons. The highest BCUT2D eigenvalue weighted by atomic mass is 19.1. The summed E-state index contributed by atoms with van der Waals surface area (Å²) in [6.07, 6.45) is 1.78. The number of amides is 5. The van der Waals surface area contributed by atoms with Gasteiger partial charge in [-0.3, -0.25) is 19.7 Å². The normalized spacial score (nSPS) is 21.7. The number of piperazine rings is 1. The van der Waals surface area contributed by atoms with Crippen molar-refractivity contribution in [1.29, 1.82) is 0 Å². The molecule has 3 aliphatic heterocycles. The lowest BCUT2D eigenvalue weighted by Gasteiger charge is -2.40. The van der Waals surface area contributed by atoms with Crippen LogP contribution in [0.5, 0.6) is 23.0 Å². The summed E-state index contributed by atoms with van der Waals surface area (Å²) >= 11 is 0. The van der Waals surface area contributed by atoms with Crippen LogP contribution in [-0.4, -0.2) is 87.2 Å². The van der Waals surface area contributed by atoms with Crippen LogP contribution < -0.4 is 29.6 Å². The number of imide groups is 1. The Bertz CT molecular complexity index is 1410. The summed E-state index contributed by atoms with van der Waals surface area (Å²) in [6.45, 7) is 1.04. The molecule has 12 nitrogen and oxygen atoms in total. The first kappa shape index (κ1) is 27.7. The lowest BCUT2D eigenvalue weighted by Crippen LogP contribution is -2.57. The monoisotopic (exact) mass is 568 g/mol. The topological polar surface area (TPSA) is 136 Å². The highest BCUT2D eigenvalue weighted by Gasteiger charge is 2.55. The SMILES string of the molecule is COc1cc(C=CC(=O)N2CCN(C(=O)[C@@H]3C[C@]4(NC(=O)NC4=O)c4cc(F)ccc4O3)CC2)cc(OC)c1OC. The maximum atomic E-state index is 14.0. The number of urea groups is 1. The summed E-state index contributed by atoms with van der Waals surface area (Å²) in [5.41, 5.74) is -0.796. The number of nitrogens with one attached hydrogen (secondary N) is 2. The maximum absolute atomic E-state index is 14.0. The first-order valence-corrected chi connectivity index (χ1v) is 12.8. The van der Waals surface area contributed by atoms with Crippen molar-refractivity contribution < 1.29 is 42.5 Å². The Balaban J connectivity index is 1.25. The largest absolute Gasteiger partial charge is 0.493 e. The standard InChI is InChI=1S/C28H29FN4O8/c1-38-20-12-16(13-21(39-2)24(20)40-3)4-7-23(34)32-8-10-33(11-9-32)25(35)22-15-28(26(36)30-27(37)31-28)18-14-17(29)5-6-19(18)41-22/h4-7,12-14,22H,8-11,15H2,1-3H3,(H2,30,31,36,37)/t22-,28-/m0/s1. The van der Waals surface area contributed by atoms with Crippen LogP contribution in [0.1, 0.15) is 17.5 Å². The van der Waals surface area contributed by atoms with Gasteiger partial charge in [0.1, 0.15) is 11.6 Å². The molecule has 2 N–H and O–H groups in total. The Hall–Kier alpha value is -4.81. The van der Waals surface area contributed by atoms with Gasteiger partial charge in [0.15, 0.2) is 23.1 Å². The molecule has 0 saturated carbocycles. The molecule has 2 saturated heterocycles. The number of halogens is 1. The van der Waals surface area contributed by atoms with Gasteiger partial charge in [-0.2, -0.15) is 0 Å². The fraction of sp³-hybridized carbons (Fsp3) is 0.357. The molecule has 3 heterocycles. The van der Waals surface area contributed by atoms with Gasteiger partial charge in [-0.1, -0.05) is 0 Å². The Kier molecular flexibility index (Phi) is 7.43. The van der Waals surface area contributed by atoms with E-state index >= 15 is 0 Å². The van der Waals surface area contributed by atoms with Crippen LogP contribution in [0.4, 0.5) is 9.18 Å². The van der Waals surface area contributed by atoms with Crippen molar-refractivity contribution >= 4 is 29.8 Å². The van der Waals surface area contributed by atoms with Gasteiger partial charge >= 0.3 is 6.03 Å². The number of methoxy groups -OCH3 is 3. The van der Waals surface area contributed by atoms with Crippen molar-refractivity contribution in [2.75, 3.05) is 47.5 Å². The molecule has 41 heavy (non-hydrogen) atoms. The van der Waals surface area contributed by atoms with Crippen molar-refractivity contribution in [2.24, 2.45) is 0 Å². The number of carbonyl (C=O) groups excluding carboxylic acids is 4. The van der Waals surface area contributed by atoms with Crippen LogP contribution in [-0.2, 0) is 19.9 Å². The molecule has 2 aromatic rings. The van der Waals surface area contributed by atoms with E-state index in [0.717, 1.165) is 12.1 Å². The van der Waals surface area contributed by atoms with Gasteiger partial charge in [0.2, 0.25) is 11.7 Å². The molecule has 13 heteroatoms. The van der Waals surface area contributed by atoms with E-state index in [0.29, 0.717) is 22.8 Å². The minimum absolute atomic E-state index is 0.138. The van der Waals surface area contributed by atoms with E-state index in [1.807, 2.05) is 0 Å². The van der Waals surface area contributed by atoms with E-state index in [-0.39, 0.29) is 49.8 Å². The van der Waals surface area contributed by atoms with E-state index in [1.54, 1.807) is 28.0 Å². The molecule has 3 aliphatic rings. The van der Waals surface area contributed by atoms with Crippen molar-refractivity contribution in [3.63, 3.8) is 0 Å². The third kappa shape index (κ3) is 5.10. The summed E-state index contributed by atoms with van der Waals surface area (Å²) in [4.78, 5) is 54.3. The summed E-state index contributed by atoms with van der Waals surface area (Å²) in [5.74, 6) is -0.415. The number of nitrogens with zero attached hydrogens (tertiary/aromatic N) is 2. The summed E-state index contributed by atoms with van der Waals surface area (Å²) in [5, 5.41) is 4.73. The molecule has 0 aliphatic carbocycles. The number of fused-ring (bicyclic) bond motifs is 2. The van der Waals surface area contributed by atoms with Crippen LogP contribution in [0.3, 0.4) is 0 Å². The zero-order chi connectivity index (χ0) is 29.3. The lowest BCUT2D eigenvalue weighted by atomic mass is 9.81. The molecular weight excluding hydrogens is 539 g/mol. The number of rotatable bonds is 6. The Morgan fingerprint density at radius 1 is 1.00 bits per heavy atom. The number of carbonyl (C=O) groups is 4. The zero-order valence-electron chi connectivity index (χ0n) is 22.7. The smallest absolute Gasteiger partial charge is 0.322 e. The van der Waals surface area contributed by atoms with Crippen molar-refractivity contribution in [3.8, 4) is 23.0 Å². The molecule has 5 rings (SSSR count). The Morgan fingerprint density at radius 3 is 2.24 bits per heavy atom. The van der Waals surface area contributed by atoms with Gasteiger partial charge in [-0.15, -0.1) is 0 Å². The first-order valence-electron chi connectivity index (χ1n) is 12.8. The number of hydrogen-bond donors (Lipinski definition) is 2. The van der Waals surface area contributed by atoms with E-state index in [2.05, 4.69) is 10.6 Å². The molecule has 216 valence electrons. The second-order valence-electron chi connectivity index (χ2n) is 9.71. The Morgan fingerprint density at radius 2 is 1.66 bits per heavy atom. The van der Waals surface area contributed by atoms with E-state index < -0.39 is 35.3 Å². The van der Waals surface area contributed by atoms with E-state index in [9.17, 15) is 23.6 Å². The molecule has 0 aromatic heterocycles. The lowest BCUT2D eigenvalue weighted by molar-refractivity contribution is -0.145. The van der Waals surface area contributed by atoms with Gasteiger partial charge in [0.25, 0.3) is 11.8 Å². The van der Waals surface area contributed by atoms with E-state index in [1.165, 1.54) is 33.5 Å². The van der Waals surface area contributed by atoms with Crippen LogP contribution in [0.15, 0.2) is 36.4 Å². The molecule has 2 aromatic carbocycles. The number of benzene rings is 2. The molecular formula is C28H29FN4O8. The van der Waals surface area contributed by atoms with Crippen molar-refractivity contribution in [3.05, 3.63) is 53.4 Å². The quantitative estimate of drug-likeness (QED) is 0.395. The maximum Gasteiger partial charge on any atom is 0.322 e. The summed E-state index contributed by atoms with van der Waals surface area (Å²) < 4.78 is 35.9. The summed E-state index contributed by atoms with van der Waals surface area (Å²) in [6, 6.07) is 6.32. The predicted molar refractivity (Wildman–Crippen MR) is 142 cm³/mol. The van der Waals surface area contributed by atoms with Crippen molar-refractivity contribution in [2.45, 2.75) is 18.1 Å². The van der Waals surface area contributed by atoms with Gasteiger partial charge in [-0.05, 0) is 42.0 Å². The van der Waals surface area contributed by atoms with Crippen LogP contribution >= 0.6 is 0 Å². The fourth-order valence-corrected chi connectivity index (χ4v) is 5.31. The predicted octanol–water partition coefficient (Wildman–Crippen LogP) is 1.42. The second kappa shape index (κ2) is 11.0. The van der Waals surface area contributed by atoms with Crippen LogP contribution in [0.2, 0.25) is 0 Å². The number of hydrogen-bond acceptors (Lipinski definition) is 8. The average Bonchev–Trinajstić information content (AvgIpc) is 3.27. The van der Waals surface area contributed by atoms with Crippen LogP contribution in [0, 0.1) is 5.82 Å². The minimum atomic E-state index is -1.62.